The molecule has 0 atom stereocenters. The molecule has 1 aromatic carbocycles. The second-order valence-corrected chi connectivity index (χ2v) is 10.4. The van der Waals surface area contributed by atoms with Crippen molar-refractivity contribution in [1.82, 2.24) is 25.2 Å². The highest BCUT2D eigenvalue weighted by Crippen LogP contribution is 2.25. The fourth-order valence-electron chi connectivity index (χ4n) is 3.25. The molecule has 3 rings (SSSR count). The number of H-pyrrole nitrogens is 1. The van der Waals surface area contributed by atoms with Gasteiger partial charge in [0.15, 0.2) is 0 Å². The third-order valence-corrected chi connectivity index (χ3v) is 4.76. The first kappa shape index (κ1) is 27.4. The zero-order valence-corrected chi connectivity index (χ0v) is 22.3. The Bertz CT molecular complexity index is 1240. The zero-order valence-electron chi connectivity index (χ0n) is 22.3. The van der Waals surface area contributed by atoms with Gasteiger partial charge in [-0.05, 0) is 72.2 Å². The number of fused-ring (bicyclic) bond motifs is 1. The van der Waals surface area contributed by atoms with Gasteiger partial charge < -0.3 is 19.8 Å². The Hall–Kier alpha value is -4.15. The van der Waals surface area contributed by atoms with E-state index in [0.29, 0.717) is 23.7 Å². The van der Waals surface area contributed by atoms with E-state index in [2.05, 4.69) is 25.6 Å². The Morgan fingerprint density at radius 1 is 0.946 bits per heavy atom. The molecule has 0 radical (unpaired) electrons. The summed E-state index contributed by atoms with van der Waals surface area (Å²) in [6.07, 6.45) is 0.0293. The van der Waals surface area contributed by atoms with Crippen molar-refractivity contribution >= 4 is 35.2 Å². The van der Waals surface area contributed by atoms with E-state index in [1.807, 2.05) is 31.2 Å². The maximum atomic E-state index is 12.7. The fourth-order valence-corrected chi connectivity index (χ4v) is 3.25. The molecule has 0 saturated heterocycles. The molecule has 11 heteroatoms. The van der Waals surface area contributed by atoms with Crippen molar-refractivity contribution in [3.63, 3.8) is 0 Å². The molecule has 4 amide bonds. The number of ether oxygens (including phenoxy) is 2. The minimum absolute atomic E-state index is 0.114. The molecule has 0 aliphatic carbocycles. The van der Waals surface area contributed by atoms with Crippen LogP contribution in [-0.4, -0.2) is 55.8 Å². The van der Waals surface area contributed by atoms with Crippen molar-refractivity contribution in [2.24, 2.45) is 0 Å². The standard InChI is InChI=1S/C26H34N6O5/c1-8-27-22(33)31-21-29-19-12-10-16(13-20(19)30-21)17-9-11-18(28-14-17)15-32(23(34)36-25(2,3)4)24(35)37-26(5,6)7/h9-14H,8,15H2,1-7H3,(H3,27,29,30,31,33). The van der Waals surface area contributed by atoms with Crippen LogP contribution in [0.25, 0.3) is 22.2 Å². The van der Waals surface area contributed by atoms with Crippen molar-refractivity contribution < 1.29 is 23.9 Å². The molecule has 0 saturated carbocycles. The highest BCUT2D eigenvalue weighted by atomic mass is 16.6. The molecule has 0 fully saturated rings. The van der Waals surface area contributed by atoms with Gasteiger partial charge in [0.1, 0.15) is 11.2 Å². The number of urea groups is 1. The maximum absolute atomic E-state index is 12.7. The van der Waals surface area contributed by atoms with Gasteiger partial charge in [0.25, 0.3) is 0 Å². The van der Waals surface area contributed by atoms with Crippen LogP contribution >= 0.6 is 0 Å². The van der Waals surface area contributed by atoms with Crippen molar-refractivity contribution in [3.8, 4) is 11.1 Å². The van der Waals surface area contributed by atoms with Gasteiger partial charge >= 0.3 is 18.2 Å². The van der Waals surface area contributed by atoms with Crippen LogP contribution in [0, 0.1) is 0 Å². The topological polar surface area (TPSA) is 139 Å². The van der Waals surface area contributed by atoms with Crippen LogP contribution in [0.15, 0.2) is 36.5 Å². The molecule has 3 aromatic rings. The number of aromatic nitrogens is 3. The average Bonchev–Trinajstić information content (AvgIpc) is 3.16. The second-order valence-electron chi connectivity index (χ2n) is 10.4. The average molecular weight is 511 g/mol. The Morgan fingerprint density at radius 2 is 1.57 bits per heavy atom. The number of nitrogens with zero attached hydrogens (tertiary/aromatic N) is 3. The molecule has 0 unspecified atom stereocenters. The number of hydrogen-bond donors (Lipinski definition) is 3. The third-order valence-electron chi connectivity index (χ3n) is 4.76. The van der Waals surface area contributed by atoms with Crippen LogP contribution in [0.4, 0.5) is 20.3 Å². The van der Waals surface area contributed by atoms with Gasteiger partial charge in [0.2, 0.25) is 5.95 Å². The minimum atomic E-state index is -0.811. The summed E-state index contributed by atoms with van der Waals surface area (Å²) in [5, 5.41) is 5.30. The number of imide groups is 1. The van der Waals surface area contributed by atoms with Crippen LogP contribution in [0.1, 0.15) is 54.2 Å². The smallest absolute Gasteiger partial charge is 0.420 e. The Kier molecular flexibility index (Phi) is 8.05. The number of nitrogens with one attached hydrogen (secondary N) is 3. The van der Waals surface area contributed by atoms with E-state index >= 15 is 0 Å². The number of amides is 4. The Labute approximate surface area is 215 Å². The van der Waals surface area contributed by atoms with Gasteiger partial charge in [-0.2, -0.15) is 0 Å². The molecule has 0 spiro atoms. The summed E-state index contributed by atoms with van der Waals surface area (Å²) in [6.45, 7) is 12.6. The number of anilines is 1. The summed E-state index contributed by atoms with van der Waals surface area (Å²) in [5.41, 5.74) is 2.03. The lowest BCUT2D eigenvalue weighted by atomic mass is 10.1. The van der Waals surface area contributed by atoms with Crippen LogP contribution < -0.4 is 10.6 Å². The summed E-state index contributed by atoms with van der Waals surface area (Å²) in [4.78, 5) is 50.1. The van der Waals surface area contributed by atoms with Crippen molar-refractivity contribution in [2.45, 2.75) is 66.2 Å². The molecular weight excluding hydrogens is 476 g/mol. The number of aromatic amines is 1. The Morgan fingerprint density at radius 3 is 2.11 bits per heavy atom. The van der Waals surface area contributed by atoms with E-state index in [1.54, 1.807) is 53.8 Å². The lowest BCUT2D eigenvalue weighted by molar-refractivity contribution is -0.000485. The summed E-state index contributed by atoms with van der Waals surface area (Å²) in [7, 11) is 0. The van der Waals surface area contributed by atoms with Crippen LogP contribution in [0.2, 0.25) is 0 Å². The van der Waals surface area contributed by atoms with E-state index in [9.17, 15) is 14.4 Å². The van der Waals surface area contributed by atoms with E-state index < -0.39 is 23.4 Å². The monoisotopic (exact) mass is 510 g/mol. The normalized spacial score (nSPS) is 11.6. The molecule has 2 heterocycles. The number of carbonyl (C=O) groups excluding carboxylic acids is 3. The molecule has 0 aliphatic heterocycles. The van der Waals surface area contributed by atoms with Crippen LogP contribution in [0.3, 0.4) is 0 Å². The predicted octanol–water partition coefficient (Wildman–Crippen LogP) is 5.44. The van der Waals surface area contributed by atoms with E-state index in [1.165, 1.54) is 0 Å². The number of rotatable bonds is 5. The molecule has 0 bridgehead atoms. The van der Waals surface area contributed by atoms with Gasteiger partial charge in [0.05, 0.1) is 23.3 Å². The summed E-state index contributed by atoms with van der Waals surface area (Å²) >= 11 is 0. The van der Waals surface area contributed by atoms with Crippen molar-refractivity contribution in [3.05, 3.63) is 42.2 Å². The van der Waals surface area contributed by atoms with Gasteiger partial charge in [-0.3, -0.25) is 10.3 Å². The quantitative estimate of drug-likeness (QED) is 0.415. The second kappa shape index (κ2) is 10.9. The zero-order chi connectivity index (χ0) is 27.4. The molecule has 0 aliphatic rings. The summed E-state index contributed by atoms with van der Waals surface area (Å²) in [6, 6.07) is 8.87. The Balaban J connectivity index is 1.79. The highest BCUT2D eigenvalue weighted by Gasteiger charge is 2.31. The number of benzene rings is 1. The first-order valence-corrected chi connectivity index (χ1v) is 12.0. The van der Waals surface area contributed by atoms with Crippen molar-refractivity contribution in [1.29, 1.82) is 0 Å². The summed E-state index contributed by atoms with van der Waals surface area (Å²) in [5.74, 6) is 0.343. The van der Waals surface area contributed by atoms with Crippen LogP contribution in [-0.2, 0) is 16.0 Å². The molecule has 3 N–H and O–H groups in total. The van der Waals surface area contributed by atoms with Gasteiger partial charge in [-0.15, -0.1) is 0 Å². The van der Waals surface area contributed by atoms with Gasteiger partial charge in [-0.1, -0.05) is 12.1 Å². The number of imidazole rings is 1. The molecule has 11 nitrogen and oxygen atoms in total. The fraction of sp³-hybridized carbons (Fsp3) is 0.423. The van der Waals surface area contributed by atoms with Crippen molar-refractivity contribution in [2.75, 3.05) is 11.9 Å². The van der Waals surface area contributed by atoms with Crippen LogP contribution in [0.5, 0.6) is 0 Å². The number of pyridine rings is 1. The predicted molar refractivity (Wildman–Crippen MR) is 140 cm³/mol. The lowest BCUT2D eigenvalue weighted by Gasteiger charge is -2.28. The third kappa shape index (κ3) is 7.92. The molecule has 198 valence electrons. The van der Waals surface area contributed by atoms with Gasteiger partial charge in [-0.25, -0.2) is 24.3 Å². The maximum Gasteiger partial charge on any atom is 0.420 e. The minimum Gasteiger partial charge on any atom is -0.443 e. The first-order valence-electron chi connectivity index (χ1n) is 12.0. The van der Waals surface area contributed by atoms with E-state index in [4.69, 9.17) is 9.47 Å². The highest BCUT2D eigenvalue weighted by molar-refractivity contribution is 5.91. The SMILES string of the molecule is CCNC(=O)Nc1nc2cc(-c3ccc(CN(C(=O)OC(C)(C)C)C(=O)OC(C)(C)C)nc3)ccc2[nH]1. The molecular formula is C26H34N6O5. The van der Waals surface area contributed by atoms with Gasteiger partial charge in [0, 0.05) is 18.3 Å². The lowest BCUT2D eigenvalue weighted by Crippen LogP contribution is -2.43. The molecule has 37 heavy (non-hydrogen) atoms. The first-order chi connectivity index (χ1) is 17.2. The summed E-state index contributed by atoms with van der Waals surface area (Å²) < 4.78 is 10.8. The van der Waals surface area contributed by atoms with E-state index in [0.717, 1.165) is 21.5 Å². The largest absolute Gasteiger partial charge is 0.443 e. The van der Waals surface area contributed by atoms with E-state index in [-0.39, 0.29) is 12.6 Å². The molecule has 2 aromatic heterocycles. The number of hydrogen-bond acceptors (Lipinski definition) is 7. The number of carbonyl (C=O) groups is 3.